The molecule has 0 saturated carbocycles. The Hall–Kier alpha value is -1.77. The van der Waals surface area contributed by atoms with Gasteiger partial charge in [-0.05, 0) is 37.1 Å². The Bertz CT molecular complexity index is 902. The van der Waals surface area contributed by atoms with E-state index in [1.54, 1.807) is 30.5 Å². The van der Waals surface area contributed by atoms with E-state index in [0.29, 0.717) is 23.3 Å². The third kappa shape index (κ3) is 2.06. The molecule has 1 aliphatic rings. The van der Waals surface area contributed by atoms with Crippen LogP contribution in [0.1, 0.15) is 24.6 Å². The van der Waals surface area contributed by atoms with E-state index in [0.717, 1.165) is 24.6 Å². The monoisotopic (exact) mass is 335 g/mol. The Morgan fingerprint density at radius 1 is 1.23 bits per heavy atom. The predicted molar refractivity (Wildman–Crippen MR) is 82.0 cm³/mol. The fraction of sp³-hybridized carbons (Fsp3) is 0.286. The van der Waals surface area contributed by atoms with Crippen LogP contribution in [0.3, 0.4) is 0 Å². The molecule has 0 radical (unpaired) electrons. The van der Waals surface area contributed by atoms with Gasteiger partial charge >= 0.3 is 0 Å². The summed E-state index contributed by atoms with van der Waals surface area (Å²) in [4.78, 5) is 0.220. The average molecular weight is 335 g/mol. The zero-order valence-corrected chi connectivity index (χ0v) is 13.2. The maximum absolute atomic E-state index is 13.1. The van der Waals surface area contributed by atoms with Crippen molar-refractivity contribution in [2.45, 2.75) is 23.8 Å². The highest BCUT2D eigenvalue weighted by atomic mass is 32.2. The van der Waals surface area contributed by atoms with Gasteiger partial charge in [0.25, 0.3) is 0 Å². The van der Waals surface area contributed by atoms with Crippen LogP contribution in [-0.4, -0.2) is 28.0 Å². The normalized spacial score (nSPS) is 19.9. The highest BCUT2D eigenvalue weighted by molar-refractivity contribution is 7.89. The number of hydrogen-bond donors (Lipinski definition) is 0. The number of fused-ring (bicyclic) bond motifs is 1. The molecule has 1 aliphatic heterocycles. The largest absolute Gasteiger partial charge is 0.468 e. The second-order valence-corrected chi connectivity index (χ2v) is 7.56. The van der Waals surface area contributed by atoms with E-state index in [-0.39, 0.29) is 10.9 Å². The highest BCUT2D eigenvalue weighted by Gasteiger charge is 2.38. The van der Waals surface area contributed by atoms with Crippen LogP contribution in [-0.2, 0) is 10.0 Å². The van der Waals surface area contributed by atoms with Gasteiger partial charge < -0.3 is 4.42 Å². The molecule has 22 heavy (non-hydrogen) atoms. The summed E-state index contributed by atoms with van der Waals surface area (Å²) in [5.74, 6) is 0.685. The first-order valence-corrected chi connectivity index (χ1v) is 9.11. The molecule has 1 saturated heterocycles. The topological polar surface area (TPSA) is 76.3 Å². The first-order chi connectivity index (χ1) is 10.7. The van der Waals surface area contributed by atoms with E-state index in [9.17, 15) is 8.42 Å². The fourth-order valence-corrected chi connectivity index (χ4v) is 5.33. The lowest BCUT2D eigenvalue weighted by atomic mass is 10.2. The molecule has 1 aromatic carbocycles. The van der Waals surface area contributed by atoms with Crippen LogP contribution >= 0.6 is 11.7 Å². The van der Waals surface area contributed by atoms with Crippen molar-refractivity contribution in [1.82, 2.24) is 13.1 Å². The molecule has 3 heterocycles. The van der Waals surface area contributed by atoms with E-state index in [2.05, 4.69) is 8.75 Å². The van der Waals surface area contributed by atoms with Gasteiger partial charge in [0.15, 0.2) is 0 Å². The molecule has 0 aliphatic carbocycles. The van der Waals surface area contributed by atoms with Crippen LogP contribution in [0.5, 0.6) is 0 Å². The predicted octanol–water partition coefficient (Wildman–Crippen LogP) is 2.81. The third-order valence-corrected chi connectivity index (χ3v) is 6.39. The molecule has 0 N–H and O–H groups in total. The molecule has 114 valence electrons. The van der Waals surface area contributed by atoms with E-state index < -0.39 is 10.0 Å². The SMILES string of the molecule is O=S(=O)(c1cccc2nsnc12)N1CCCC1c1ccco1. The summed E-state index contributed by atoms with van der Waals surface area (Å²) in [7, 11) is -3.63. The maximum Gasteiger partial charge on any atom is 0.246 e. The number of aromatic nitrogens is 2. The first-order valence-electron chi connectivity index (χ1n) is 6.94. The minimum atomic E-state index is -3.63. The van der Waals surface area contributed by atoms with Gasteiger partial charge in [-0.3, -0.25) is 0 Å². The number of rotatable bonds is 3. The molecule has 0 spiro atoms. The Balaban J connectivity index is 1.82. The van der Waals surface area contributed by atoms with Crippen LogP contribution in [0.2, 0.25) is 0 Å². The second-order valence-electron chi connectivity index (χ2n) is 5.18. The molecular weight excluding hydrogens is 322 g/mol. The van der Waals surface area contributed by atoms with Crippen LogP contribution < -0.4 is 0 Å². The quantitative estimate of drug-likeness (QED) is 0.735. The summed E-state index contributed by atoms with van der Waals surface area (Å²) in [6.45, 7) is 0.488. The average Bonchev–Trinajstić information content (AvgIpc) is 3.25. The van der Waals surface area contributed by atoms with E-state index in [4.69, 9.17) is 4.42 Å². The molecule has 1 atom stereocenters. The van der Waals surface area contributed by atoms with Crippen molar-refractivity contribution in [3.63, 3.8) is 0 Å². The molecule has 3 aromatic rings. The fourth-order valence-electron chi connectivity index (χ4n) is 2.91. The van der Waals surface area contributed by atoms with Crippen molar-refractivity contribution in [2.75, 3.05) is 6.54 Å². The van der Waals surface area contributed by atoms with Crippen LogP contribution in [0.4, 0.5) is 0 Å². The van der Waals surface area contributed by atoms with Crippen LogP contribution in [0.15, 0.2) is 45.9 Å². The molecule has 4 rings (SSSR count). The van der Waals surface area contributed by atoms with Crippen molar-refractivity contribution in [3.8, 4) is 0 Å². The van der Waals surface area contributed by atoms with Crippen molar-refractivity contribution < 1.29 is 12.8 Å². The van der Waals surface area contributed by atoms with Gasteiger partial charge in [-0.1, -0.05) is 6.07 Å². The van der Waals surface area contributed by atoms with Gasteiger partial charge in [-0.25, -0.2) is 8.42 Å². The summed E-state index contributed by atoms with van der Waals surface area (Å²) in [5.41, 5.74) is 1.05. The van der Waals surface area contributed by atoms with E-state index >= 15 is 0 Å². The molecule has 6 nitrogen and oxygen atoms in total. The zero-order chi connectivity index (χ0) is 15.2. The maximum atomic E-state index is 13.1. The number of benzene rings is 1. The number of hydrogen-bond acceptors (Lipinski definition) is 6. The van der Waals surface area contributed by atoms with Gasteiger partial charge in [-0.15, -0.1) is 0 Å². The lowest BCUT2D eigenvalue weighted by Gasteiger charge is -2.22. The molecule has 1 unspecified atom stereocenters. The van der Waals surface area contributed by atoms with Gasteiger partial charge in [0, 0.05) is 6.54 Å². The minimum absolute atomic E-state index is 0.220. The Morgan fingerprint density at radius 3 is 2.95 bits per heavy atom. The Morgan fingerprint density at radius 2 is 2.14 bits per heavy atom. The van der Waals surface area contributed by atoms with Gasteiger partial charge in [0.05, 0.1) is 24.0 Å². The summed E-state index contributed by atoms with van der Waals surface area (Å²) in [5, 5.41) is 0. The van der Waals surface area contributed by atoms with Gasteiger partial charge in [0.1, 0.15) is 21.7 Å². The second kappa shape index (κ2) is 5.15. The minimum Gasteiger partial charge on any atom is -0.468 e. The van der Waals surface area contributed by atoms with Gasteiger partial charge in [-0.2, -0.15) is 13.1 Å². The molecule has 0 amide bonds. The molecule has 1 fully saturated rings. The number of nitrogens with zero attached hydrogens (tertiary/aromatic N) is 3. The van der Waals surface area contributed by atoms with Crippen molar-refractivity contribution in [3.05, 3.63) is 42.4 Å². The molecule has 0 bridgehead atoms. The summed E-state index contributed by atoms with van der Waals surface area (Å²) in [6, 6.07) is 8.42. The standard InChI is InChI=1S/C14H13N3O3S2/c18-22(19,13-7-1-4-10-14(13)16-21-15-10)17-8-2-5-11(17)12-6-3-9-20-12/h1,3-4,6-7,9,11H,2,5,8H2. The molecule has 8 heteroatoms. The third-order valence-electron chi connectivity index (χ3n) is 3.91. The molecule has 2 aromatic heterocycles. The Kier molecular flexibility index (Phi) is 3.24. The van der Waals surface area contributed by atoms with Crippen molar-refractivity contribution in [1.29, 1.82) is 0 Å². The summed E-state index contributed by atoms with van der Waals surface area (Å²) in [6.07, 6.45) is 3.15. The number of sulfonamides is 1. The summed E-state index contributed by atoms with van der Waals surface area (Å²) >= 11 is 1.02. The van der Waals surface area contributed by atoms with Crippen LogP contribution in [0, 0.1) is 0 Å². The van der Waals surface area contributed by atoms with E-state index in [1.807, 2.05) is 6.07 Å². The van der Waals surface area contributed by atoms with E-state index in [1.165, 1.54) is 4.31 Å². The zero-order valence-electron chi connectivity index (χ0n) is 11.5. The number of furan rings is 1. The van der Waals surface area contributed by atoms with Crippen molar-refractivity contribution >= 4 is 32.8 Å². The first kappa shape index (κ1) is 13.9. The highest BCUT2D eigenvalue weighted by Crippen LogP contribution is 2.37. The van der Waals surface area contributed by atoms with Crippen molar-refractivity contribution in [2.24, 2.45) is 0 Å². The van der Waals surface area contributed by atoms with Crippen LogP contribution in [0.25, 0.3) is 11.0 Å². The smallest absolute Gasteiger partial charge is 0.246 e. The lowest BCUT2D eigenvalue weighted by molar-refractivity contribution is 0.340. The molecular formula is C14H13N3O3S2. The lowest BCUT2D eigenvalue weighted by Crippen LogP contribution is -2.30. The Labute approximate surface area is 131 Å². The summed E-state index contributed by atoms with van der Waals surface area (Å²) < 4.78 is 41.3. The van der Waals surface area contributed by atoms with Gasteiger partial charge in [0.2, 0.25) is 10.0 Å².